The fourth-order valence-electron chi connectivity index (χ4n) is 6.44. The molecule has 2 fully saturated rings. The second-order valence-corrected chi connectivity index (χ2v) is 10.7. The quantitative estimate of drug-likeness (QED) is 0.593. The van der Waals surface area contributed by atoms with Crippen molar-refractivity contribution >= 4 is 11.9 Å². The molecule has 0 aliphatic carbocycles. The van der Waals surface area contributed by atoms with Gasteiger partial charge in [-0.15, -0.1) is 0 Å². The third-order valence-corrected chi connectivity index (χ3v) is 8.40. The van der Waals surface area contributed by atoms with Crippen LogP contribution in [0.4, 0.5) is 0 Å². The number of carbonyl (C=O) groups is 2. The van der Waals surface area contributed by atoms with Gasteiger partial charge in [0.05, 0.1) is 23.3 Å². The van der Waals surface area contributed by atoms with E-state index >= 15 is 0 Å². The van der Waals surface area contributed by atoms with E-state index in [1.807, 2.05) is 32.0 Å². The molecule has 2 saturated heterocycles. The number of benzene rings is 2. The van der Waals surface area contributed by atoms with Crippen LogP contribution >= 0.6 is 0 Å². The van der Waals surface area contributed by atoms with Crippen LogP contribution in [-0.4, -0.2) is 76.3 Å². The van der Waals surface area contributed by atoms with E-state index in [-0.39, 0.29) is 24.6 Å². The smallest absolute Gasteiger partial charge is 0.338 e. The Morgan fingerprint density at radius 2 is 1.67 bits per heavy atom. The summed E-state index contributed by atoms with van der Waals surface area (Å²) in [5.41, 5.74) is 5.65. The van der Waals surface area contributed by atoms with Crippen LogP contribution in [-0.2, 0) is 22.5 Å². The molecule has 36 heavy (non-hydrogen) atoms. The first-order chi connectivity index (χ1) is 17.3. The van der Waals surface area contributed by atoms with Gasteiger partial charge in [-0.1, -0.05) is 18.2 Å². The monoisotopic (exact) mass is 492 g/mol. The third kappa shape index (κ3) is 4.02. The molecule has 4 aliphatic rings. The SMILES string of the molecule is Cc1c([C@@H](O)CN2C[C@@H]3C[C@H]2CN3CC(O)c2ccc3c(c2)C[C@@H](C)OC3=O)ccc2c1COC2=O. The zero-order valence-corrected chi connectivity index (χ0v) is 20.6. The molecular formula is C28H32N2O6. The molecule has 4 aliphatic heterocycles. The summed E-state index contributed by atoms with van der Waals surface area (Å²) in [5.74, 6) is -0.582. The number of aliphatic hydroxyl groups is 2. The molecule has 2 bridgehead atoms. The van der Waals surface area contributed by atoms with Gasteiger partial charge in [0.25, 0.3) is 0 Å². The van der Waals surface area contributed by atoms with Gasteiger partial charge in [0.15, 0.2) is 0 Å². The molecule has 0 saturated carbocycles. The number of hydrogen-bond donors (Lipinski definition) is 2. The van der Waals surface area contributed by atoms with Crippen molar-refractivity contribution in [2.75, 3.05) is 26.2 Å². The summed E-state index contributed by atoms with van der Waals surface area (Å²) in [4.78, 5) is 28.6. The van der Waals surface area contributed by atoms with Crippen molar-refractivity contribution in [2.45, 2.75) is 63.7 Å². The van der Waals surface area contributed by atoms with E-state index in [1.165, 1.54) is 0 Å². The molecule has 0 spiro atoms. The number of piperazine rings is 1. The highest BCUT2D eigenvalue weighted by atomic mass is 16.5. The van der Waals surface area contributed by atoms with E-state index in [9.17, 15) is 19.8 Å². The normalized spacial score (nSPS) is 26.9. The Morgan fingerprint density at radius 1 is 0.972 bits per heavy atom. The average molecular weight is 493 g/mol. The topological polar surface area (TPSA) is 99.5 Å². The summed E-state index contributed by atoms with van der Waals surface area (Å²) < 4.78 is 10.4. The van der Waals surface area contributed by atoms with Crippen molar-refractivity contribution in [3.63, 3.8) is 0 Å². The zero-order valence-electron chi connectivity index (χ0n) is 20.6. The molecule has 6 rings (SSSR count). The fourth-order valence-corrected chi connectivity index (χ4v) is 6.44. The Labute approximate surface area is 210 Å². The van der Waals surface area contributed by atoms with Gasteiger partial charge in [-0.3, -0.25) is 9.80 Å². The second-order valence-electron chi connectivity index (χ2n) is 10.7. The largest absolute Gasteiger partial charge is 0.459 e. The summed E-state index contributed by atoms with van der Waals surface area (Å²) in [6.07, 6.45) is 0.290. The maximum absolute atomic E-state index is 12.1. The van der Waals surface area contributed by atoms with Crippen molar-refractivity contribution in [1.82, 2.24) is 9.80 Å². The number of ether oxygens (including phenoxy) is 2. The van der Waals surface area contributed by atoms with E-state index < -0.39 is 12.2 Å². The first kappa shape index (κ1) is 23.6. The lowest BCUT2D eigenvalue weighted by Crippen LogP contribution is -2.48. The number of cyclic esters (lactones) is 2. The number of nitrogens with zero attached hydrogens (tertiary/aromatic N) is 2. The molecular weight excluding hydrogens is 460 g/mol. The zero-order chi connectivity index (χ0) is 25.1. The number of fused-ring (bicyclic) bond motifs is 4. The van der Waals surface area contributed by atoms with Gasteiger partial charge in [0.2, 0.25) is 0 Å². The van der Waals surface area contributed by atoms with Gasteiger partial charge >= 0.3 is 11.9 Å². The van der Waals surface area contributed by atoms with Crippen molar-refractivity contribution in [1.29, 1.82) is 0 Å². The summed E-state index contributed by atoms with van der Waals surface area (Å²) in [5, 5.41) is 22.0. The molecule has 1 unspecified atom stereocenters. The Kier molecular flexibility index (Phi) is 5.87. The summed E-state index contributed by atoms with van der Waals surface area (Å²) in [6.45, 7) is 6.92. The number of carbonyl (C=O) groups excluding carboxylic acids is 2. The average Bonchev–Trinajstić information content (AvgIpc) is 3.53. The lowest BCUT2D eigenvalue weighted by Gasteiger charge is -2.36. The van der Waals surface area contributed by atoms with Crippen LogP contribution in [0.15, 0.2) is 30.3 Å². The molecule has 2 aromatic rings. The van der Waals surface area contributed by atoms with Crippen LogP contribution in [0.2, 0.25) is 0 Å². The number of β-amino-alcohol motifs (C(OH)–C–C–N with tert-alkyl or cyclic N) is 2. The molecule has 4 heterocycles. The van der Waals surface area contributed by atoms with Crippen LogP contribution < -0.4 is 0 Å². The number of esters is 2. The number of hydrogen-bond acceptors (Lipinski definition) is 8. The van der Waals surface area contributed by atoms with E-state index in [2.05, 4.69) is 9.80 Å². The minimum Gasteiger partial charge on any atom is -0.459 e. The second kappa shape index (κ2) is 8.95. The Balaban J connectivity index is 1.07. The van der Waals surface area contributed by atoms with Gasteiger partial charge in [-0.25, -0.2) is 9.59 Å². The highest BCUT2D eigenvalue weighted by Crippen LogP contribution is 2.35. The van der Waals surface area contributed by atoms with Gasteiger partial charge in [0, 0.05) is 50.2 Å². The first-order valence-electron chi connectivity index (χ1n) is 12.8. The molecule has 0 aromatic heterocycles. The summed E-state index contributed by atoms with van der Waals surface area (Å²) >= 11 is 0. The van der Waals surface area contributed by atoms with Gasteiger partial charge in [0.1, 0.15) is 12.7 Å². The van der Waals surface area contributed by atoms with Gasteiger partial charge in [-0.05, 0) is 54.7 Å². The highest BCUT2D eigenvalue weighted by molar-refractivity contribution is 5.94. The molecule has 2 aromatic carbocycles. The number of likely N-dealkylation sites (tertiary alicyclic amines) is 2. The first-order valence-corrected chi connectivity index (χ1v) is 12.8. The third-order valence-electron chi connectivity index (χ3n) is 8.40. The van der Waals surface area contributed by atoms with Crippen LogP contribution in [0.5, 0.6) is 0 Å². The fraction of sp³-hybridized carbons (Fsp3) is 0.500. The maximum Gasteiger partial charge on any atom is 0.338 e. The van der Waals surface area contributed by atoms with Crippen molar-refractivity contribution < 1.29 is 29.3 Å². The number of aliphatic hydroxyl groups excluding tert-OH is 2. The summed E-state index contributed by atoms with van der Waals surface area (Å²) in [6, 6.07) is 9.85. The predicted octanol–water partition coefficient (Wildman–Crippen LogP) is 2.29. The van der Waals surface area contributed by atoms with Crippen molar-refractivity contribution in [3.05, 3.63) is 69.3 Å². The van der Waals surface area contributed by atoms with Crippen molar-refractivity contribution in [3.8, 4) is 0 Å². The summed E-state index contributed by atoms with van der Waals surface area (Å²) in [7, 11) is 0. The van der Waals surface area contributed by atoms with Crippen LogP contribution in [0.3, 0.4) is 0 Å². The maximum atomic E-state index is 12.1. The molecule has 5 atom stereocenters. The van der Waals surface area contributed by atoms with Crippen LogP contribution in [0.25, 0.3) is 0 Å². The van der Waals surface area contributed by atoms with E-state index in [1.54, 1.807) is 12.1 Å². The molecule has 8 nitrogen and oxygen atoms in total. The van der Waals surface area contributed by atoms with E-state index in [4.69, 9.17) is 9.47 Å². The Bertz CT molecular complexity index is 1230. The van der Waals surface area contributed by atoms with E-state index in [0.717, 1.165) is 47.3 Å². The minimum atomic E-state index is -0.631. The van der Waals surface area contributed by atoms with Crippen LogP contribution in [0.1, 0.15) is 74.1 Å². The standard InChI is InChI=1S/C28H32N2O6/c1-15-7-18-8-17(3-4-22(18)28(34)36-15)25(31)12-29-10-20-9-19(29)11-30(20)13-26(32)21-5-6-23-24(16(21)2)14-35-27(23)33/h3-6,8,15,19-20,25-26,31-32H,7,9-14H2,1-2H3/t15-,19+,20+,25?,26+/m1/s1. The molecule has 2 N–H and O–H groups in total. The molecule has 0 radical (unpaired) electrons. The lowest BCUT2D eigenvalue weighted by molar-refractivity contribution is 0.0299. The van der Waals surface area contributed by atoms with E-state index in [0.29, 0.717) is 42.7 Å². The highest BCUT2D eigenvalue weighted by Gasteiger charge is 2.44. The molecule has 8 heteroatoms. The molecule has 190 valence electrons. The Morgan fingerprint density at radius 3 is 2.39 bits per heavy atom. The number of rotatable bonds is 6. The van der Waals surface area contributed by atoms with Crippen molar-refractivity contribution in [2.24, 2.45) is 0 Å². The molecule has 0 amide bonds. The predicted molar refractivity (Wildman–Crippen MR) is 131 cm³/mol. The van der Waals surface area contributed by atoms with Gasteiger partial charge in [-0.2, -0.15) is 0 Å². The Hall–Kier alpha value is -2.78. The lowest BCUT2D eigenvalue weighted by atomic mass is 9.95. The minimum absolute atomic E-state index is 0.149. The van der Waals surface area contributed by atoms with Gasteiger partial charge < -0.3 is 19.7 Å². The van der Waals surface area contributed by atoms with Crippen LogP contribution in [0, 0.1) is 6.92 Å².